The van der Waals surface area contributed by atoms with Crippen molar-refractivity contribution in [1.82, 2.24) is 15.2 Å². The summed E-state index contributed by atoms with van der Waals surface area (Å²) in [5.41, 5.74) is 0. The average Bonchev–Trinajstić information content (AvgIpc) is 3.08. The Balaban J connectivity index is 1.52. The largest absolute Gasteiger partial charge is 0.497 e. The Morgan fingerprint density at radius 1 is 1.41 bits per heavy atom. The lowest BCUT2D eigenvalue weighted by Gasteiger charge is -2.36. The maximum absolute atomic E-state index is 12.3. The van der Waals surface area contributed by atoms with Crippen LogP contribution in [0.3, 0.4) is 0 Å². The highest BCUT2D eigenvalue weighted by Gasteiger charge is 2.25. The molecule has 0 saturated carbocycles. The fourth-order valence-electron chi connectivity index (χ4n) is 3.16. The number of hydrogen-bond acceptors (Lipinski definition) is 5. The third-order valence-electron chi connectivity index (χ3n) is 4.49. The van der Waals surface area contributed by atoms with Crippen LogP contribution in [0.1, 0.15) is 19.3 Å². The van der Waals surface area contributed by atoms with Crippen LogP contribution in [-0.4, -0.2) is 61.7 Å². The Labute approximate surface area is 131 Å². The Hall–Kier alpha value is -1.82. The molecular formula is C16H24N4O2. The van der Waals surface area contributed by atoms with Gasteiger partial charge in [-0.15, -0.1) is 0 Å². The monoisotopic (exact) mass is 304 g/mol. The number of nitrogens with zero attached hydrogens (tertiary/aromatic N) is 3. The Morgan fingerprint density at radius 2 is 2.23 bits per heavy atom. The summed E-state index contributed by atoms with van der Waals surface area (Å²) in [5.74, 6) is 2.01. The van der Waals surface area contributed by atoms with Crippen LogP contribution < -0.4 is 15.0 Å². The third kappa shape index (κ3) is 3.50. The first-order chi connectivity index (χ1) is 10.8. The molecule has 2 saturated heterocycles. The number of anilines is 1. The highest BCUT2D eigenvalue weighted by Crippen LogP contribution is 2.20. The molecule has 2 fully saturated rings. The summed E-state index contributed by atoms with van der Waals surface area (Å²) in [5, 5.41) is 3.39. The second-order valence-corrected chi connectivity index (χ2v) is 5.92. The Bertz CT molecular complexity index is 509. The first-order valence-electron chi connectivity index (χ1n) is 8.02. The molecule has 0 bridgehead atoms. The minimum absolute atomic E-state index is 0.276. The molecule has 1 N–H and O–H groups in total. The number of piperazine rings is 1. The number of rotatable bonds is 4. The van der Waals surface area contributed by atoms with Gasteiger partial charge in [-0.3, -0.25) is 4.79 Å². The lowest BCUT2D eigenvalue weighted by atomic mass is 10.1. The second-order valence-electron chi connectivity index (χ2n) is 5.92. The summed E-state index contributed by atoms with van der Waals surface area (Å²) in [7, 11) is 1.66. The van der Waals surface area contributed by atoms with E-state index in [-0.39, 0.29) is 5.91 Å². The predicted molar refractivity (Wildman–Crippen MR) is 85.2 cm³/mol. The highest BCUT2D eigenvalue weighted by molar-refractivity contribution is 5.77. The zero-order valence-corrected chi connectivity index (χ0v) is 13.1. The van der Waals surface area contributed by atoms with Crippen molar-refractivity contribution < 1.29 is 9.53 Å². The first-order valence-corrected chi connectivity index (χ1v) is 8.02. The molecule has 0 radical (unpaired) electrons. The van der Waals surface area contributed by atoms with E-state index < -0.39 is 0 Å². The molecule has 120 valence electrons. The van der Waals surface area contributed by atoms with Gasteiger partial charge in [0.25, 0.3) is 0 Å². The molecule has 0 aliphatic carbocycles. The van der Waals surface area contributed by atoms with E-state index >= 15 is 0 Å². The van der Waals surface area contributed by atoms with Gasteiger partial charge in [0, 0.05) is 50.9 Å². The molecular weight excluding hydrogens is 280 g/mol. The quantitative estimate of drug-likeness (QED) is 0.895. The Kier molecular flexibility index (Phi) is 4.77. The molecule has 1 aromatic heterocycles. The Morgan fingerprint density at radius 3 is 2.91 bits per heavy atom. The van der Waals surface area contributed by atoms with Gasteiger partial charge in [-0.25, -0.2) is 4.98 Å². The maximum Gasteiger partial charge on any atom is 0.224 e. The van der Waals surface area contributed by atoms with Crippen LogP contribution in [0.2, 0.25) is 0 Å². The van der Waals surface area contributed by atoms with E-state index in [0.29, 0.717) is 12.5 Å². The van der Waals surface area contributed by atoms with Crippen LogP contribution in [0, 0.1) is 0 Å². The molecule has 3 rings (SSSR count). The lowest BCUT2D eigenvalue weighted by Crippen LogP contribution is -2.50. The van der Waals surface area contributed by atoms with Crippen molar-refractivity contribution in [2.45, 2.75) is 25.3 Å². The number of aromatic nitrogens is 1. The minimum atomic E-state index is 0.276. The van der Waals surface area contributed by atoms with E-state index in [2.05, 4.69) is 15.2 Å². The summed E-state index contributed by atoms with van der Waals surface area (Å²) in [4.78, 5) is 20.9. The average molecular weight is 304 g/mol. The SMILES string of the molecule is COc1ccnc(N2CCN(C(=O)CC3CCCN3)CC2)c1. The fourth-order valence-corrected chi connectivity index (χ4v) is 3.16. The number of methoxy groups -OCH3 is 1. The molecule has 2 aliphatic rings. The van der Waals surface area contributed by atoms with E-state index in [9.17, 15) is 4.79 Å². The van der Waals surface area contributed by atoms with Crippen LogP contribution in [0.25, 0.3) is 0 Å². The van der Waals surface area contributed by atoms with E-state index in [1.165, 1.54) is 6.42 Å². The summed E-state index contributed by atoms with van der Waals surface area (Å²) in [6.45, 7) is 4.23. The van der Waals surface area contributed by atoms with Crippen LogP contribution in [0.5, 0.6) is 5.75 Å². The normalized spacial score (nSPS) is 22.0. The van der Waals surface area contributed by atoms with Crippen molar-refractivity contribution >= 4 is 11.7 Å². The molecule has 0 spiro atoms. The van der Waals surface area contributed by atoms with Crippen molar-refractivity contribution in [2.24, 2.45) is 0 Å². The molecule has 0 aromatic carbocycles. The van der Waals surface area contributed by atoms with Crippen molar-refractivity contribution in [3.05, 3.63) is 18.3 Å². The molecule has 6 heteroatoms. The van der Waals surface area contributed by atoms with Crippen molar-refractivity contribution in [1.29, 1.82) is 0 Å². The summed E-state index contributed by atoms with van der Waals surface area (Å²) in [6, 6.07) is 4.17. The van der Waals surface area contributed by atoms with Crippen molar-refractivity contribution in [3.8, 4) is 5.75 Å². The van der Waals surface area contributed by atoms with Gasteiger partial charge >= 0.3 is 0 Å². The van der Waals surface area contributed by atoms with Crippen molar-refractivity contribution in [3.63, 3.8) is 0 Å². The number of carbonyl (C=O) groups excluding carboxylic acids is 1. The number of hydrogen-bond donors (Lipinski definition) is 1. The standard InChI is InChI=1S/C16H24N4O2/c1-22-14-4-6-18-15(12-14)19-7-9-20(10-8-19)16(21)11-13-3-2-5-17-13/h4,6,12-13,17H,2-3,5,7-11H2,1H3. The van der Waals surface area contributed by atoms with E-state index in [4.69, 9.17) is 4.74 Å². The van der Waals surface area contributed by atoms with Gasteiger partial charge in [-0.1, -0.05) is 0 Å². The van der Waals surface area contributed by atoms with Gasteiger partial charge in [0.05, 0.1) is 7.11 Å². The smallest absolute Gasteiger partial charge is 0.224 e. The third-order valence-corrected chi connectivity index (χ3v) is 4.49. The summed E-state index contributed by atoms with van der Waals surface area (Å²) in [6.07, 6.45) is 4.71. The predicted octanol–water partition coefficient (Wildman–Crippen LogP) is 0.881. The minimum Gasteiger partial charge on any atom is -0.497 e. The lowest BCUT2D eigenvalue weighted by molar-refractivity contribution is -0.131. The van der Waals surface area contributed by atoms with E-state index in [1.807, 2.05) is 17.0 Å². The summed E-state index contributed by atoms with van der Waals surface area (Å²) < 4.78 is 5.24. The maximum atomic E-state index is 12.3. The van der Waals surface area contributed by atoms with E-state index in [0.717, 1.165) is 50.7 Å². The highest BCUT2D eigenvalue weighted by atomic mass is 16.5. The first kappa shape index (κ1) is 15.1. The number of amides is 1. The zero-order valence-electron chi connectivity index (χ0n) is 13.1. The van der Waals surface area contributed by atoms with Gasteiger partial charge in [0.2, 0.25) is 5.91 Å². The van der Waals surface area contributed by atoms with Crippen LogP contribution in [-0.2, 0) is 4.79 Å². The molecule has 3 heterocycles. The van der Waals surface area contributed by atoms with Gasteiger partial charge < -0.3 is 19.9 Å². The van der Waals surface area contributed by atoms with Gasteiger partial charge in [-0.05, 0) is 25.5 Å². The number of nitrogens with one attached hydrogen (secondary N) is 1. The number of carbonyl (C=O) groups is 1. The van der Waals surface area contributed by atoms with Gasteiger partial charge in [0.1, 0.15) is 11.6 Å². The molecule has 2 aliphatic heterocycles. The van der Waals surface area contributed by atoms with Gasteiger partial charge in [0.15, 0.2) is 0 Å². The number of ether oxygens (including phenoxy) is 1. The topological polar surface area (TPSA) is 57.7 Å². The molecule has 1 atom stereocenters. The van der Waals surface area contributed by atoms with E-state index in [1.54, 1.807) is 13.3 Å². The fraction of sp³-hybridized carbons (Fsp3) is 0.625. The molecule has 1 amide bonds. The molecule has 6 nitrogen and oxygen atoms in total. The summed E-state index contributed by atoms with van der Waals surface area (Å²) >= 11 is 0. The number of pyridine rings is 1. The second kappa shape index (κ2) is 6.96. The van der Waals surface area contributed by atoms with Crippen LogP contribution in [0.4, 0.5) is 5.82 Å². The zero-order chi connectivity index (χ0) is 15.4. The van der Waals surface area contributed by atoms with Gasteiger partial charge in [-0.2, -0.15) is 0 Å². The molecule has 1 unspecified atom stereocenters. The van der Waals surface area contributed by atoms with Crippen molar-refractivity contribution in [2.75, 3.05) is 44.7 Å². The molecule has 22 heavy (non-hydrogen) atoms. The van der Waals surface area contributed by atoms with Crippen LogP contribution in [0.15, 0.2) is 18.3 Å². The van der Waals surface area contributed by atoms with Crippen LogP contribution >= 0.6 is 0 Å². The molecule has 1 aromatic rings.